The smallest absolute Gasteiger partial charge is 0.126 e. The fourth-order valence-corrected chi connectivity index (χ4v) is 0.955. The normalized spacial score (nSPS) is 9.62. The Balaban J connectivity index is 2.59. The van der Waals surface area contributed by atoms with Crippen LogP contribution in [0.25, 0.3) is 6.08 Å². The summed E-state index contributed by atoms with van der Waals surface area (Å²) in [5.41, 5.74) is 0.957. The fraction of sp³-hybridized carbons (Fsp3) is 0.273. The van der Waals surface area contributed by atoms with E-state index in [9.17, 15) is 0 Å². The van der Waals surface area contributed by atoms with Crippen molar-refractivity contribution >= 4 is 6.08 Å². The van der Waals surface area contributed by atoms with Crippen molar-refractivity contribution in [3.63, 3.8) is 0 Å². The van der Waals surface area contributed by atoms with E-state index in [-0.39, 0.29) is 0 Å². The molecule has 0 spiro atoms. The molecule has 1 radical (unpaired) electrons. The summed E-state index contributed by atoms with van der Waals surface area (Å²) >= 11 is 0. The second-order valence-corrected chi connectivity index (χ2v) is 2.51. The summed E-state index contributed by atoms with van der Waals surface area (Å²) in [5.74, 6) is 0.825. The zero-order valence-electron chi connectivity index (χ0n) is 7.75. The van der Waals surface area contributed by atoms with Gasteiger partial charge in [0.05, 0.1) is 6.61 Å². The van der Waals surface area contributed by atoms with E-state index in [2.05, 4.69) is 12.6 Å². The van der Waals surface area contributed by atoms with Crippen molar-refractivity contribution in [2.45, 2.75) is 0 Å². The summed E-state index contributed by atoms with van der Waals surface area (Å²) in [7, 11) is 1.65. The van der Waals surface area contributed by atoms with Crippen LogP contribution in [0.1, 0.15) is 5.56 Å². The predicted molar refractivity (Wildman–Crippen MR) is 52.7 cm³/mol. The van der Waals surface area contributed by atoms with E-state index < -0.39 is 0 Å². The van der Waals surface area contributed by atoms with Crippen LogP contribution in [0, 0.1) is 6.07 Å². The topological polar surface area (TPSA) is 18.5 Å². The maximum atomic E-state index is 5.45. The molecule has 0 saturated heterocycles. The molecule has 0 heterocycles. The Kier molecular flexibility index (Phi) is 4.06. The van der Waals surface area contributed by atoms with Gasteiger partial charge in [0.1, 0.15) is 12.4 Å². The summed E-state index contributed by atoms with van der Waals surface area (Å²) in [6.45, 7) is 4.84. The molecule has 2 nitrogen and oxygen atoms in total. The molecular weight excluding hydrogens is 164 g/mol. The molecule has 1 rings (SSSR count). The van der Waals surface area contributed by atoms with E-state index in [4.69, 9.17) is 9.47 Å². The molecule has 0 aliphatic heterocycles. The fourth-order valence-electron chi connectivity index (χ4n) is 0.955. The first-order chi connectivity index (χ1) is 6.38. The van der Waals surface area contributed by atoms with Crippen LogP contribution in [0.5, 0.6) is 5.75 Å². The van der Waals surface area contributed by atoms with Crippen LogP contribution >= 0.6 is 0 Å². The molecule has 0 fully saturated rings. The Bertz CT molecular complexity index is 269. The highest BCUT2D eigenvalue weighted by atomic mass is 16.5. The Hall–Kier alpha value is -1.28. The van der Waals surface area contributed by atoms with E-state index in [0.717, 1.165) is 11.3 Å². The number of hydrogen-bond donors (Lipinski definition) is 0. The average Bonchev–Trinajstić information content (AvgIpc) is 2.19. The molecule has 0 atom stereocenters. The van der Waals surface area contributed by atoms with Crippen LogP contribution in [-0.4, -0.2) is 20.3 Å². The summed E-state index contributed by atoms with van der Waals surface area (Å²) in [5, 5.41) is 0. The Morgan fingerprint density at radius 1 is 1.54 bits per heavy atom. The number of rotatable bonds is 5. The van der Waals surface area contributed by atoms with E-state index in [0.29, 0.717) is 13.2 Å². The van der Waals surface area contributed by atoms with Gasteiger partial charge < -0.3 is 9.47 Å². The van der Waals surface area contributed by atoms with Gasteiger partial charge in [0.25, 0.3) is 0 Å². The molecule has 0 bridgehead atoms. The zero-order chi connectivity index (χ0) is 9.52. The second kappa shape index (κ2) is 5.38. The van der Waals surface area contributed by atoms with Crippen molar-refractivity contribution in [2.75, 3.05) is 20.3 Å². The molecule has 0 aliphatic rings. The summed E-state index contributed by atoms with van der Waals surface area (Å²) in [6, 6.07) is 8.48. The summed E-state index contributed by atoms with van der Waals surface area (Å²) in [4.78, 5) is 0. The highest BCUT2D eigenvalue weighted by Crippen LogP contribution is 2.18. The van der Waals surface area contributed by atoms with Gasteiger partial charge in [-0.3, -0.25) is 0 Å². The lowest BCUT2D eigenvalue weighted by Gasteiger charge is -2.07. The maximum absolute atomic E-state index is 5.45. The first kappa shape index (κ1) is 9.81. The highest BCUT2D eigenvalue weighted by molar-refractivity contribution is 5.55. The van der Waals surface area contributed by atoms with E-state index in [1.165, 1.54) is 0 Å². The van der Waals surface area contributed by atoms with Crippen LogP contribution in [0.3, 0.4) is 0 Å². The Labute approximate surface area is 78.8 Å². The van der Waals surface area contributed by atoms with Crippen LogP contribution in [0.15, 0.2) is 24.8 Å². The average molecular weight is 177 g/mol. The number of ether oxygens (including phenoxy) is 2. The van der Waals surface area contributed by atoms with Crippen molar-refractivity contribution in [1.29, 1.82) is 0 Å². The predicted octanol–water partition coefficient (Wildman–Crippen LogP) is 2.15. The highest BCUT2D eigenvalue weighted by Gasteiger charge is 1.97. The SMILES string of the molecule is C=Cc1c[c]ccc1OCCOC. The second-order valence-electron chi connectivity index (χ2n) is 2.51. The summed E-state index contributed by atoms with van der Waals surface area (Å²) in [6.07, 6.45) is 1.75. The van der Waals surface area contributed by atoms with Crippen LogP contribution in [0.4, 0.5) is 0 Å². The molecule has 0 amide bonds. The number of benzene rings is 1. The molecule has 2 heteroatoms. The minimum atomic E-state index is 0.557. The Morgan fingerprint density at radius 2 is 2.38 bits per heavy atom. The maximum Gasteiger partial charge on any atom is 0.126 e. The van der Waals surface area contributed by atoms with Gasteiger partial charge in [-0.15, -0.1) is 0 Å². The Morgan fingerprint density at radius 3 is 3.08 bits per heavy atom. The minimum Gasteiger partial charge on any atom is -0.491 e. The van der Waals surface area contributed by atoms with Gasteiger partial charge in [-0.05, 0) is 18.2 Å². The first-order valence-electron chi connectivity index (χ1n) is 4.12. The van der Waals surface area contributed by atoms with Crippen molar-refractivity contribution < 1.29 is 9.47 Å². The molecule has 0 aromatic heterocycles. The van der Waals surface area contributed by atoms with E-state index >= 15 is 0 Å². The number of hydrogen-bond acceptors (Lipinski definition) is 2. The monoisotopic (exact) mass is 177 g/mol. The largest absolute Gasteiger partial charge is 0.491 e. The molecule has 0 unspecified atom stereocenters. The van der Waals surface area contributed by atoms with E-state index in [1.54, 1.807) is 13.2 Å². The van der Waals surface area contributed by atoms with Crippen LogP contribution in [-0.2, 0) is 4.74 Å². The first-order valence-corrected chi connectivity index (χ1v) is 4.12. The molecular formula is C11H13O2. The molecule has 0 N–H and O–H groups in total. The molecule has 0 saturated carbocycles. The molecule has 1 aromatic carbocycles. The van der Waals surface area contributed by atoms with Gasteiger partial charge in [0, 0.05) is 12.7 Å². The minimum absolute atomic E-state index is 0.557. The lowest BCUT2D eigenvalue weighted by Crippen LogP contribution is -2.04. The molecule has 69 valence electrons. The van der Waals surface area contributed by atoms with Gasteiger partial charge in [-0.1, -0.05) is 18.7 Å². The molecule has 0 aliphatic carbocycles. The van der Waals surface area contributed by atoms with Crippen LogP contribution in [0.2, 0.25) is 0 Å². The zero-order valence-corrected chi connectivity index (χ0v) is 7.75. The van der Waals surface area contributed by atoms with Gasteiger partial charge in [0.2, 0.25) is 0 Å². The quantitative estimate of drug-likeness (QED) is 0.641. The van der Waals surface area contributed by atoms with Gasteiger partial charge in [0.15, 0.2) is 0 Å². The molecule has 13 heavy (non-hydrogen) atoms. The lowest BCUT2D eigenvalue weighted by molar-refractivity contribution is 0.146. The van der Waals surface area contributed by atoms with Crippen molar-refractivity contribution in [1.82, 2.24) is 0 Å². The van der Waals surface area contributed by atoms with E-state index in [1.807, 2.05) is 18.2 Å². The third-order valence-corrected chi connectivity index (χ3v) is 1.62. The van der Waals surface area contributed by atoms with Crippen LogP contribution < -0.4 is 4.74 Å². The van der Waals surface area contributed by atoms with Crippen molar-refractivity contribution in [2.24, 2.45) is 0 Å². The third kappa shape index (κ3) is 2.92. The van der Waals surface area contributed by atoms with Gasteiger partial charge in [-0.2, -0.15) is 0 Å². The standard InChI is InChI=1S/C11H13O2/c1-3-10-6-4-5-7-11(10)13-9-8-12-2/h3,5-7H,1,8-9H2,2H3. The van der Waals surface area contributed by atoms with Crippen molar-refractivity contribution in [3.05, 3.63) is 36.4 Å². The van der Waals surface area contributed by atoms with Crippen molar-refractivity contribution in [3.8, 4) is 5.75 Å². The third-order valence-electron chi connectivity index (χ3n) is 1.62. The molecule has 1 aromatic rings. The van der Waals surface area contributed by atoms with Gasteiger partial charge in [-0.25, -0.2) is 0 Å². The summed E-state index contributed by atoms with van der Waals surface area (Å²) < 4.78 is 10.3. The number of methoxy groups -OCH3 is 1. The van der Waals surface area contributed by atoms with Gasteiger partial charge >= 0.3 is 0 Å². The lowest BCUT2D eigenvalue weighted by atomic mass is 10.2.